The fourth-order valence-electron chi connectivity index (χ4n) is 9.94. The Morgan fingerprint density at radius 3 is 1.30 bits per heavy atom. The first-order valence-electron chi connectivity index (χ1n) is 22.5. The van der Waals surface area contributed by atoms with Crippen LogP contribution in [0.2, 0.25) is 0 Å². The molecular weight excluding hydrogens is 1040 g/mol. The van der Waals surface area contributed by atoms with Gasteiger partial charge in [0.25, 0.3) is 35.4 Å². The van der Waals surface area contributed by atoms with E-state index < -0.39 is 138 Å². The summed E-state index contributed by atoms with van der Waals surface area (Å²) in [6.45, 7) is 4.75. The van der Waals surface area contributed by atoms with Gasteiger partial charge in [-0.25, -0.2) is 19.5 Å². The van der Waals surface area contributed by atoms with Crippen molar-refractivity contribution >= 4 is 58.5 Å². The van der Waals surface area contributed by atoms with Gasteiger partial charge in [-0.15, -0.1) is 0 Å². The summed E-state index contributed by atoms with van der Waals surface area (Å²) in [7, 11) is 0. The molecule has 3 aliphatic rings. The number of hydrogen-bond acceptors (Lipinski definition) is 9. The van der Waals surface area contributed by atoms with Crippen molar-refractivity contribution in [3.8, 4) is 0 Å². The van der Waals surface area contributed by atoms with Crippen molar-refractivity contribution in [1.29, 1.82) is 0 Å². The minimum absolute atomic E-state index is 0.000822. The van der Waals surface area contributed by atoms with Crippen LogP contribution in [0, 0.1) is 27.7 Å². The van der Waals surface area contributed by atoms with Crippen LogP contribution in [0.1, 0.15) is 131 Å². The van der Waals surface area contributed by atoms with Crippen LogP contribution in [0.4, 0.5) is 69.7 Å². The molecule has 0 saturated heterocycles. The first kappa shape index (κ1) is 54.4. The fourth-order valence-corrected chi connectivity index (χ4v) is 9.94. The number of benzene rings is 5. The topological polar surface area (TPSA) is 159 Å². The number of carbonyl (C=O) groups is 7. The second kappa shape index (κ2) is 18.2. The molecule has 3 aliphatic heterocycles. The van der Waals surface area contributed by atoms with Gasteiger partial charge in [-0.2, -0.15) is 52.7 Å². The number of fused-ring (bicyclic) bond motifs is 3. The highest BCUT2D eigenvalue weighted by atomic mass is 19.4. The van der Waals surface area contributed by atoms with Crippen molar-refractivity contribution in [2.45, 2.75) is 83.0 Å². The Labute approximate surface area is 421 Å². The van der Waals surface area contributed by atoms with Crippen molar-refractivity contribution in [2.75, 3.05) is 27.9 Å². The summed E-state index contributed by atoms with van der Waals surface area (Å²) in [5.74, 6) is -8.97. The van der Waals surface area contributed by atoms with Gasteiger partial charge >= 0.3 is 30.7 Å². The summed E-state index contributed by atoms with van der Waals surface area (Å²) in [4.78, 5) is 98.0. The third-order valence-corrected chi connectivity index (χ3v) is 13.8. The predicted octanol–water partition coefficient (Wildman–Crippen LogP) is 11.0. The zero-order valence-corrected chi connectivity index (χ0v) is 39.9. The molecule has 0 bridgehead atoms. The van der Waals surface area contributed by atoms with E-state index in [1.165, 1.54) is 39.0 Å². The number of unbranched alkanes of at least 4 members (excludes halogenated alkanes) is 1. The quantitative estimate of drug-likeness (QED) is 0.0588. The van der Waals surface area contributed by atoms with Crippen LogP contribution < -0.4 is 14.7 Å². The second-order valence-electron chi connectivity index (χ2n) is 18.4. The Kier molecular flexibility index (Phi) is 13.0. The van der Waals surface area contributed by atoms with Gasteiger partial charge in [-0.3, -0.25) is 28.8 Å². The number of ether oxygens (including phenoxy) is 1. The van der Waals surface area contributed by atoms with E-state index in [1.807, 2.05) is 0 Å². The lowest BCUT2D eigenvalue weighted by molar-refractivity contribution is -0.297. The maximum absolute atomic E-state index is 15.7. The highest BCUT2D eigenvalue weighted by Crippen LogP contribution is 2.58. The first-order valence-corrected chi connectivity index (χ1v) is 22.5. The summed E-state index contributed by atoms with van der Waals surface area (Å²) in [6, 6.07) is 8.16. The van der Waals surface area contributed by atoms with Gasteiger partial charge in [-0.1, -0.05) is 24.3 Å². The molecule has 12 nitrogen and oxygen atoms in total. The standard InChI is InChI=1S/C52H37F12N3O9/c1-23-16-27(46(75)76-15-7-6-14-68)19-31(17-23)65-40(69)32-12-9-29(21-36(32)43(65)72)48(51(59,60)61,52(62,63)64)30-10-13-34-37(22-30)45(74)67(42(34)71)39-25(3)18-24(2)38(26(39)4)66-41(70)33-11-8-28(20-35(33)44(66)73)47(5,49(53,54)55)50(56,57)58/h8-13,16-22,68H,6-7,14-15H2,1-5H3. The van der Waals surface area contributed by atoms with E-state index >= 15 is 26.3 Å². The molecule has 0 saturated carbocycles. The Balaban J connectivity index is 1.18. The van der Waals surface area contributed by atoms with Gasteiger partial charge in [0.15, 0.2) is 5.41 Å². The molecule has 3 heterocycles. The number of amides is 6. The van der Waals surface area contributed by atoms with Crippen LogP contribution in [0.25, 0.3) is 0 Å². The summed E-state index contributed by atoms with van der Waals surface area (Å²) in [5, 5.41) is 8.99. The molecule has 6 amide bonds. The average molecular weight is 1080 g/mol. The number of nitrogens with zero attached hydrogens (tertiary/aromatic N) is 3. The van der Waals surface area contributed by atoms with E-state index in [0.717, 1.165) is 13.0 Å². The van der Waals surface area contributed by atoms with E-state index in [9.17, 15) is 59.9 Å². The van der Waals surface area contributed by atoms with Gasteiger partial charge < -0.3 is 9.84 Å². The van der Waals surface area contributed by atoms with Crippen LogP contribution in [-0.2, 0) is 15.6 Å². The largest absolute Gasteiger partial charge is 0.462 e. The molecule has 398 valence electrons. The maximum atomic E-state index is 15.7. The Bertz CT molecular complexity index is 3370. The number of carbonyl (C=O) groups excluding carboxylic acids is 7. The van der Waals surface area contributed by atoms with E-state index in [2.05, 4.69) is 0 Å². The van der Waals surface area contributed by atoms with E-state index in [4.69, 9.17) is 9.84 Å². The Morgan fingerprint density at radius 1 is 0.487 bits per heavy atom. The second-order valence-corrected chi connectivity index (χ2v) is 18.4. The van der Waals surface area contributed by atoms with E-state index in [0.29, 0.717) is 51.5 Å². The number of anilines is 3. The third-order valence-electron chi connectivity index (χ3n) is 13.8. The van der Waals surface area contributed by atoms with Crippen molar-refractivity contribution < 1.29 is 96.1 Å². The highest BCUT2D eigenvalue weighted by Gasteiger charge is 2.73. The molecule has 24 heteroatoms. The van der Waals surface area contributed by atoms with Gasteiger partial charge in [0, 0.05) is 6.61 Å². The lowest BCUT2D eigenvalue weighted by Gasteiger charge is -2.38. The molecule has 76 heavy (non-hydrogen) atoms. The lowest BCUT2D eigenvalue weighted by Crippen LogP contribution is -2.55. The molecule has 1 N–H and O–H groups in total. The van der Waals surface area contributed by atoms with Crippen LogP contribution >= 0.6 is 0 Å². The normalized spacial score (nSPS) is 15.3. The molecule has 0 spiro atoms. The smallest absolute Gasteiger partial charge is 0.411 e. The van der Waals surface area contributed by atoms with Gasteiger partial charge in [-0.05, 0) is 141 Å². The number of imide groups is 3. The molecule has 8 rings (SSSR count). The fraction of sp³-hybridized carbons (Fsp3) is 0.288. The molecule has 0 fully saturated rings. The molecular formula is C52H37F12N3O9. The molecule has 5 aromatic carbocycles. The SMILES string of the molecule is Cc1cc(C(=O)OCCCCO)cc(N2C(=O)c3ccc(C(c4ccc5c(c4)C(=O)N(c4c(C)cc(C)c(N6C(=O)c7ccc(C(C)(C(F)(F)F)C(F)(F)F)cc7C6=O)c4C)C5=O)(C(F)(F)F)C(F)(F)F)cc3C2=O)c1. The van der Waals surface area contributed by atoms with Crippen LogP contribution in [-0.4, -0.2) is 84.4 Å². The van der Waals surface area contributed by atoms with Crippen molar-refractivity contribution in [1.82, 2.24) is 0 Å². The number of rotatable bonds is 11. The first-order chi connectivity index (χ1) is 35.2. The molecule has 5 aromatic rings. The summed E-state index contributed by atoms with van der Waals surface area (Å²) in [5.41, 5.74) is -20.5. The summed E-state index contributed by atoms with van der Waals surface area (Å²) >= 11 is 0. The monoisotopic (exact) mass is 1080 g/mol. The number of aryl methyl sites for hydroxylation is 3. The van der Waals surface area contributed by atoms with E-state index in [1.54, 1.807) is 0 Å². The van der Waals surface area contributed by atoms with Gasteiger partial charge in [0.05, 0.1) is 62.6 Å². The molecule has 0 radical (unpaired) electrons. The van der Waals surface area contributed by atoms with Crippen LogP contribution in [0.3, 0.4) is 0 Å². The van der Waals surface area contributed by atoms with Gasteiger partial charge in [0.1, 0.15) is 0 Å². The Morgan fingerprint density at radius 2 is 0.882 bits per heavy atom. The van der Waals surface area contributed by atoms with Crippen molar-refractivity contribution in [3.63, 3.8) is 0 Å². The Hall–Kier alpha value is -7.89. The average Bonchev–Trinajstić information content (AvgIpc) is 3.82. The van der Waals surface area contributed by atoms with E-state index in [-0.39, 0.29) is 84.3 Å². The zero-order valence-electron chi connectivity index (χ0n) is 39.9. The molecule has 0 unspecified atom stereocenters. The highest BCUT2D eigenvalue weighted by molar-refractivity contribution is 6.37. The summed E-state index contributed by atoms with van der Waals surface area (Å²) in [6.07, 6.45) is -24.0. The maximum Gasteiger partial charge on any atom is 0.411 e. The third kappa shape index (κ3) is 8.01. The number of alkyl halides is 12. The predicted molar refractivity (Wildman–Crippen MR) is 244 cm³/mol. The number of aliphatic hydroxyl groups excluding tert-OH is 1. The summed E-state index contributed by atoms with van der Waals surface area (Å²) < 4.78 is 184. The van der Waals surface area contributed by atoms with Crippen LogP contribution in [0.5, 0.6) is 0 Å². The zero-order chi connectivity index (χ0) is 56.3. The van der Waals surface area contributed by atoms with Gasteiger partial charge in [0.2, 0.25) is 5.41 Å². The minimum atomic E-state index is -6.36. The lowest BCUT2D eigenvalue weighted by atomic mass is 9.71. The molecule has 0 aromatic heterocycles. The van der Waals surface area contributed by atoms with Crippen LogP contribution in [0.15, 0.2) is 78.9 Å². The molecule has 0 atom stereocenters. The number of halogens is 12. The number of esters is 1. The van der Waals surface area contributed by atoms with Crippen molar-refractivity contribution in [3.05, 3.63) is 157 Å². The number of aliphatic hydroxyl groups is 1. The minimum Gasteiger partial charge on any atom is -0.462 e. The number of hydrogen-bond donors (Lipinski definition) is 1. The van der Waals surface area contributed by atoms with Crippen molar-refractivity contribution in [2.24, 2.45) is 0 Å². The molecule has 0 aliphatic carbocycles.